The summed E-state index contributed by atoms with van der Waals surface area (Å²) in [5.74, 6) is 1.24. The van der Waals surface area contributed by atoms with Gasteiger partial charge in [0, 0.05) is 17.9 Å². The Morgan fingerprint density at radius 3 is 2.71 bits per heavy atom. The predicted octanol–water partition coefficient (Wildman–Crippen LogP) is 2.82. The highest BCUT2D eigenvalue weighted by Crippen LogP contribution is 2.19. The predicted molar refractivity (Wildman–Crippen MR) is 57.4 cm³/mol. The van der Waals surface area contributed by atoms with Gasteiger partial charge in [-0.25, -0.2) is 0 Å². The minimum Gasteiger partial charge on any atom is -0.496 e. The topological polar surface area (TPSA) is 26.3 Å². The van der Waals surface area contributed by atoms with E-state index < -0.39 is 0 Å². The third-order valence-corrected chi connectivity index (χ3v) is 2.23. The van der Waals surface area contributed by atoms with Gasteiger partial charge in [-0.15, -0.1) is 11.6 Å². The van der Waals surface area contributed by atoms with E-state index in [1.165, 1.54) is 0 Å². The van der Waals surface area contributed by atoms with Crippen molar-refractivity contribution >= 4 is 17.4 Å². The second-order valence-corrected chi connectivity index (χ2v) is 3.42. The SMILES string of the molecule is COc1ccc(C(=O)CCCl)cc1C. The molecule has 1 aromatic carbocycles. The van der Waals surface area contributed by atoms with Crippen molar-refractivity contribution in [3.8, 4) is 5.75 Å². The summed E-state index contributed by atoms with van der Waals surface area (Å²) < 4.78 is 5.10. The quantitative estimate of drug-likeness (QED) is 0.567. The number of hydrogen-bond donors (Lipinski definition) is 0. The lowest BCUT2D eigenvalue weighted by Crippen LogP contribution is -2.00. The summed E-state index contributed by atoms with van der Waals surface area (Å²) in [7, 11) is 1.61. The van der Waals surface area contributed by atoms with Crippen molar-refractivity contribution in [3.05, 3.63) is 29.3 Å². The molecule has 0 unspecified atom stereocenters. The highest BCUT2D eigenvalue weighted by atomic mass is 35.5. The number of carbonyl (C=O) groups is 1. The summed E-state index contributed by atoms with van der Waals surface area (Å²) in [6, 6.07) is 5.39. The molecule has 0 bridgehead atoms. The molecular weight excluding hydrogens is 200 g/mol. The van der Waals surface area contributed by atoms with Crippen molar-refractivity contribution < 1.29 is 9.53 Å². The summed E-state index contributed by atoms with van der Waals surface area (Å²) in [4.78, 5) is 11.5. The Hall–Kier alpha value is -1.02. The van der Waals surface area contributed by atoms with Gasteiger partial charge in [-0.1, -0.05) is 0 Å². The van der Waals surface area contributed by atoms with Crippen molar-refractivity contribution in [1.29, 1.82) is 0 Å². The fourth-order valence-electron chi connectivity index (χ4n) is 1.28. The Bertz CT molecular complexity index is 334. The Balaban J connectivity index is 2.91. The van der Waals surface area contributed by atoms with E-state index in [1.807, 2.05) is 13.0 Å². The van der Waals surface area contributed by atoms with Crippen LogP contribution in [0.5, 0.6) is 5.75 Å². The van der Waals surface area contributed by atoms with Crippen LogP contribution in [0.15, 0.2) is 18.2 Å². The van der Waals surface area contributed by atoms with E-state index in [0.29, 0.717) is 17.9 Å². The maximum atomic E-state index is 11.5. The zero-order valence-electron chi connectivity index (χ0n) is 8.34. The molecule has 1 aromatic rings. The molecule has 0 spiro atoms. The lowest BCUT2D eigenvalue weighted by Gasteiger charge is -2.05. The number of methoxy groups -OCH3 is 1. The molecule has 0 heterocycles. The Labute approximate surface area is 88.8 Å². The monoisotopic (exact) mass is 212 g/mol. The van der Waals surface area contributed by atoms with Crippen molar-refractivity contribution in [2.45, 2.75) is 13.3 Å². The first-order valence-corrected chi connectivity index (χ1v) is 4.96. The number of ether oxygens (including phenoxy) is 1. The number of ketones is 1. The third-order valence-electron chi connectivity index (χ3n) is 2.04. The molecule has 0 saturated carbocycles. The van der Waals surface area contributed by atoms with E-state index in [4.69, 9.17) is 16.3 Å². The van der Waals surface area contributed by atoms with Gasteiger partial charge in [-0.2, -0.15) is 0 Å². The summed E-state index contributed by atoms with van der Waals surface area (Å²) in [5, 5.41) is 0. The van der Waals surface area contributed by atoms with Gasteiger partial charge in [0.25, 0.3) is 0 Å². The summed E-state index contributed by atoms with van der Waals surface area (Å²) in [6.07, 6.45) is 0.382. The van der Waals surface area contributed by atoms with Gasteiger partial charge < -0.3 is 4.74 Å². The van der Waals surface area contributed by atoms with Crippen LogP contribution in [0.25, 0.3) is 0 Å². The molecule has 0 aromatic heterocycles. The van der Waals surface area contributed by atoms with Crippen LogP contribution in [0, 0.1) is 6.92 Å². The molecule has 1 rings (SSSR count). The molecule has 14 heavy (non-hydrogen) atoms. The number of rotatable bonds is 4. The van der Waals surface area contributed by atoms with Crippen molar-refractivity contribution in [2.75, 3.05) is 13.0 Å². The van der Waals surface area contributed by atoms with E-state index >= 15 is 0 Å². The normalized spacial score (nSPS) is 9.93. The first kappa shape index (κ1) is 11.1. The van der Waals surface area contributed by atoms with Crippen LogP contribution < -0.4 is 4.74 Å². The summed E-state index contributed by atoms with van der Waals surface area (Å²) in [5.41, 5.74) is 1.66. The largest absolute Gasteiger partial charge is 0.496 e. The molecule has 76 valence electrons. The summed E-state index contributed by atoms with van der Waals surface area (Å²) >= 11 is 5.50. The van der Waals surface area contributed by atoms with Crippen molar-refractivity contribution in [1.82, 2.24) is 0 Å². The Morgan fingerprint density at radius 1 is 1.50 bits per heavy atom. The van der Waals surface area contributed by atoms with E-state index in [-0.39, 0.29) is 5.78 Å². The highest BCUT2D eigenvalue weighted by molar-refractivity contribution is 6.19. The van der Waals surface area contributed by atoms with Crippen molar-refractivity contribution in [2.24, 2.45) is 0 Å². The third kappa shape index (κ3) is 2.48. The second-order valence-electron chi connectivity index (χ2n) is 3.05. The molecule has 0 amide bonds. The standard InChI is InChI=1S/C11H13ClO2/c1-8-7-9(10(13)5-6-12)3-4-11(8)14-2/h3-4,7H,5-6H2,1-2H3. The van der Waals surface area contributed by atoms with Crippen LogP contribution >= 0.6 is 11.6 Å². The molecule has 0 aliphatic rings. The number of benzene rings is 1. The molecule has 0 saturated heterocycles. The molecule has 0 atom stereocenters. The Kier molecular flexibility index (Phi) is 3.96. The number of carbonyl (C=O) groups excluding carboxylic acids is 1. The molecule has 3 heteroatoms. The highest BCUT2D eigenvalue weighted by Gasteiger charge is 2.06. The molecule has 0 aliphatic heterocycles. The zero-order valence-corrected chi connectivity index (χ0v) is 9.10. The maximum Gasteiger partial charge on any atom is 0.164 e. The number of aryl methyl sites for hydroxylation is 1. The van der Waals surface area contributed by atoms with Gasteiger partial charge in [0.05, 0.1) is 7.11 Å². The second kappa shape index (κ2) is 5.01. The average Bonchev–Trinajstić information content (AvgIpc) is 2.18. The molecule has 0 fully saturated rings. The van der Waals surface area contributed by atoms with Crippen LogP contribution in [-0.4, -0.2) is 18.8 Å². The molecular formula is C11H13ClO2. The number of hydrogen-bond acceptors (Lipinski definition) is 2. The van der Waals surface area contributed by atoms with E-state index in [1.54, 1.807) is 19.2 Å². The molecule has 0 radical (unpaired) electrons. The Morgan fingerprint density at radius 2 is 2.21 bits per heavy atom. The van der Waals surface area contributed by atoms with Gasteiger partial charge in [0.1, 0.15) is 5.75 Å². The lowest BCUT2D eigenvalue weighted by molar-refractivity contribution is 0.0989. The van der Waals surface area contributed by atoms with Crippen molar-refractivity contribution in [3.63, 3.8) is 0 Å². The number of alkyl halides is 1. The van der Waals surface area contributed by atoms with Gasteiger partial charge >= 0.3 is 0 Å². The lowest BCUT2D eigenvalue weighted by atomic mass is 10.1. The van der Waals surface area contributed by atoms with Crippen LogP contribution in [0.2, 0.25) is 0 Å². The first-order valence-electron chi connectivity index (χ1n) is 4.43. The van der Waals surface area contributed by atoms with Gasteiger partial charge in [0.2, 0.25) is 0 Å². The minimum absolute atomic E-state index is 0.0748. The fourth-order valence-corrected chi connectivity index (χ4v) is 1.45. The zero-order chi connectivity index (χ0) is 10.6. The van der Waals surface area contributed by atoms with Crippen LogP contribution in [0.4, 0.5) is 0 Å². The molecule has 0 N–H and O–H groups in total. The van der Waals surface area contributed by atoms with Gasteiger partial charge in [-0.05, 0) is 30.7 Å². The van der Waals surface area contributed by atoms with Gasteiger partial charge in [-0.3, -0.25) is 4.79 Å². The summed E-state index contributed by atoms with van der Waals surface area (Å²) in [6.45, 7) is 1.91. The molecule has 2 nitrogen and oxygen atoms in total. The first-order chi connectivity index (χ1) is 6.69. The number of Topliss-reactive ketones (excluding diaryl/α,β-unsaturated/α-hetero) is 1. The number of halogens is 1. The average molecular weight is 213 g/mol. The van der Waals surface area contributed by atoms with Gasteiger partial charge in [0.15, 0.2) is 5.78 Å². The van der Waals surface area contributed by atoms with Crippen LogP contribution in [-0.2, 0) is 0 Å². The minimum atomic E-state index is 0.0748. The maximum absolute atomic E-state index is 11.5. The molecule has 0 aliphatic carbocycles. The smallest absolute Gasteiger partial charge is 0.164 e. The van der Waals surface area contributed by atoms with E-state index in [2.05, 4.69) is 0 Å². The van der Waals surface area contributed by atoms with E-state index in [0.717, 1.165) is 11.3 Å². The fraction of sp³-hybridized carbons (Fsp3) is 0.364. The van der Waals surface area contributed by atoms with Crippen LogP contribution in [0.3, 0.4) is 0 Å². The van der Waals surface area contributed by atoms with Crippen LogP contribution in [0.1, 0.15) is 22.3 Å². The van der Waals surface area contributed by atoms with E-state index in [9.17, 15) is 4.79 Å².